The maximum atomic E-state index is 12.5. The van der Waals surface area contributed by atoms with Gasteiger partial charge >= 0.3 is 6.18 Å². The number of carbonyl (C=O) groups excluding carboxylic acids is 1. The van der Waals surface area contributed by atoms with Crippen LogP contribution in [0.15, 0.2) is 6.20 Å². The average Bonchev–Trinajstić information content (AvgIpc) is 2.40. The second kappa shape index (κ2) is 5.67. The number of anilines is 2. The fraction of sp³-hybridized carbons (Fsp3) is 0.583. The van der Waals surface area contributed by atoms with E-state index in [1.165, 1.54) is 16.0 Å². The third-order valence-electron chi connectivity index (χ3n) is 3.37. The smallest absolute Gasteiger partial charge is 0.342 e. The Kier molecular flexibility index (Phi) is 4.27. The Morgan fingerprint density at radius 2 is 2.10 bits per heavy atom. The Balaban J connectivity index is 2.41. The lowest BCUT2D eigenvalue weighted by atomic mass is 10.1. The summed E-state index contributed by atoms with van der Waals surface area (Å²) < 4.78 is 37.5. The van der Waals surface area contributed by atoms with Crippen LogP contribution in [-0.2, 0) is 4.79 Å². The highest BCUT2D eigenvalue weighted by Crippen LogP contribution is 2.35. The Bertz CT molecular complexity index is 552. The first-order valence-electron chi connectivity index (χ1n) is 6.38. The number of rotatable bonds is 3. The number of hydrogen-bond acceptors (Lipinski definition) is 4. The van der Waals surface area contributed by atoms with E-state index in [0.29, 0.717) is 12.1 Å². The van der Waals surface area contributed by atoms with Crippen molar-refractivity contribution in [2.24, 2.45) is 0 Å². The lowest BCUT2D eigenvalue weighted by Gasteiger charge is -2.40. The Hall–Kier alpha value is -1.57. The predicted molar refractivity (Wildman–Crippen MR) is 72.5 cm³/mol. The molecule has 0 saturated carbocycles. The molecule has 1 aromatic heterocycles. The molecule has 9 heteroatoms. The van der Waals surface area contributed by atoms with Crippen LogP contribution in [0.25, 0.3) is 0 Å². The Labute approximate surface area is 124 Å². The maximum Gasteiger partial charge on any atom is 0.390 e. The number of amides is 1. The van der Waals surface area contributed by atoms with Gasteiger partial charge in [-0.05, 0) is 18.0 Å². The predicted octanol–water partition coefficient (Wildman–Crippen LogP) is 2.64. The fourth-order valence-electron chi connectivity index (χ4n) is 2.32. The van der Waals surface area contributed by atoms with Crippen molar-refractivity contribution in [3.63, 3.8) is 0 Å². The van der Waals surface area contributed by atoms with Crippen LogP contribution >= 0.6 is 11.6 Å². The summed E-state index contributed by atoms with van der Waals surface area (Å²) in [5.74, 6) is -0.0219. The second-order valence-electron chi connectivity index (χ2n) is 4.73. The van der Waals surface area contributed by atoms with E-state index in [1.807, 2.05) is 0 Å². The molecule has 0 spiro atoms. The highest BCUT2D eigenvalue weighted by Gasteiger charge is 2.39. The Morgan fingerprint density at radius 3 is 2.67 bits per heavy atom. The van der Waals surface area contributed by atoms with Gasteiger partial charge in [-0.25, -0.2) is 4.98 Å². The number of aromatic nitrogens is 2. The molecule has 2 rings (SSSR count). The first-order valence-corrected chi connectivity index (χ1v) is 6.76. The van der Waals surface area contributed by atoms with E-state index in [-0.39, 0.29) is 23.6 Å². The van der Waals surface area contributed by atoms with Crippen LogP contribution in [0.4, 0.5) is 24.7 Å². The fourth-order valence-corrected chi connectivity index (χ4v) is 2.45. The first kappa shape index (κ1) is 15.8. The normalized spacial score (nSPS) is 19.0. The average molecular weight is 323 g/mol. The van der Waals surface area contributed by atoms with Gasteiger partial charge in [-0.3, -0.25) is 4.79 Å². The van der Waals surface area contributed by atoms with Gasteiger partial charge in [-0.15, -0.1) is 0 Å². The van der Waals surface area contributed by atoms with E-state index in [2.05, 4.69) is 9.97 Å². The van der Waals surface area contributed by atoms with Crippen molar-refractivity contribution in [2.45, 2.75) is 32.0 Å². The third-order valence-corrected chi connectivity index (χ3v) is 3.55. The SMILES string of the molecule is CC[C@@H]1C(=O)N(C)c2cnc(Cl)nc2N1CCC(F)(F)F. The molecular weight excluding hydrogens is 309 g/mol. The molecule has 2 heterocycles. The van der Waals surface area contributed by atoms with Crippen molar-refractivity contribution in [3.05, 3.63) is 11.5 Å². The molecule has 5 nitrogen and oxygen atoms in total. The molecule has 0 aromatic carbocycles. The summed E-state index contributed by atoms with van der Waals surface area (Å²) in [5.41, 5.74) is 0.358. The summed E-state index contributed by atoms with van der Waals surface area (Å²) >= 11 is 5.73. The van der Waals surface area contributed by atoms with Crippen molar-refractivity contribution in [2.75, 3.05) is 23.4 Å². The number of halogens is 4. The van der Waals surface area contributed by atoms with Gasteiger partial charge in [0.1, 0.15) is 11.7 Å². The summed E-state index contributed by atoms with van der Waals surface area (Å²) in [6, 6.07) is -0.684. The second-order valence-corrected chi connectivity index (χ2v) is 5.07. The molecule has 0 bridgehead atoms. The lowest BCUT2D eigenvalue weighted by Crippen LogP contribution is -2.53. The van der Waals surface area contributed by atoms with Crippen molar-refractivity contribution in [1.82, 2.24) is 9.97 Å². The van der Waals surface area contributed by atoms with E-state index in [0.717, 1.165) is 0 Å². The highest BCUT2D eigenvalue weighted by atomic mass is 35.5. The van der Waals surface area contributed by atoms with Gasteiger partial charge in [0, 0.05) is 13.6 Å². The van der Waals surface area contributed by atoms with Gasteiger partial charge in [0.15, 0.2) is 5.82 Å². The van der Waals surface area contributed by atoms with Crippen molar-refractivity contribution in [1.29, 1.82) is 0 Å². The van der Waals surface area contributed by atoms with Crippen molar-refractivity contribution >= 4 is 29.0 Å². The number of hydrogen-bond donors (Lipinski definition) is 0. The molecule has 0 unspecified atom stereocenters. The zero-order valence-electron chi connectivity index (χ0n) is 11.5. The summed E-state index contributed by atoms with van der Waals surface area (Å²) in [7, 11) is 1.54. The quantitative estimate of drug-likeness (QED) is 0.803. The van der Waals surface area contributed by atoms with Crippen LogP contribution in [0, 0.1) is 0 Å². The molecule has 1 aromatic rings. The standard InChI is InChI=1S/C12H14ClF3N4O/c1-3-7-10(21)19(2)8-6-17-11(13)18-9(8)20(7)5-4-12(14,15)16/h6-7H,3-5H2,1-2H3/t7-/m1/s1. The molecule has 1 aliphatic heterocycles. The largest absolute Gasteiger partial charge is 0.390 e. The minimum atomic E-state index is -4.30. The van der Waals surface area contributed by atoms with Gasteiger partial charge in [0.25, 0.3) is 0 Å². The van der Waals surface area contributed by atoms with Crippen LogP contribution in [0.1, 0.15) is 19.8 Å². The topological polar surface area (TPSA) is 49.3 Å². The Morgan fingerprint density at radius 1 is 1.43 bits per heavy atom. The molecule has 0 saturated heterocycles. The van der Waals surface area contributed by atoms with Crippen LogP contribution in [0.2, 0.25) is 5.28 Å². The summed E-state index contributed by atoms with van der Waals surface area (Å²) in [5, 5.41) is -0.0663. The van der Waals surface area contributed by atoms with Crippen LogP contribution in [0.5, 0.6) is 0 Å². The molecule has 1 amide bonds. The molecule has 1 atom stereocenters. The molecular formula is C12H14ClF3N4O. The molecule has 116 valence electrons. The van der Waals surface area contributed by atoms with Crippen LogP contribution in [0.3, 0.4) is 0 Å². The molecule has 0 radical (unpaired) electrons. The summed E-state index contributed by atoms with van der Waals surface area (Å²) in [6.07, 6.45) is -3.61. The lowest BCUT2D eigenvalue weighted by molar-refractivity contribution is -0.133. The van der Waals surface area contributed by atoms with E-state index in [1.54, 1.807) is 14.0 Å². The van der Waals surface area contributed by atoms with E-state index in [4.69, 9.17) is 11.6 Å². The van der Waals surface area contributed by atoms with Gasteiger partial charge in [-0.1, -0.05) is 6.92 Å². The molecule has 1 aliphatic rings. The summed E-state index contributed by atoms with van der Waals surface area (Å²) in [4.78, 5) is 22.7. The monoisotopic (exact) mass is 322 g/mol. The van der Waals surface area contributed by atoms with E-state index in [9.17, 15) is 18.0 Å². The van der Waals surface area contributed by atoms with Gasteiger partial charge in [-0.2, -0.15) is 18.2 Å². The third kappa shape index (κ3) is 3.20. The van der Waals surface area contributed by atoms with Gasteiger partial charge < -0.3 is 9.80 Å². The van der Waals surface area contributed by atoms with Gasteiger partial charge in [0.05, 0.1) is 12.6 Å². The maximum absolute atomic E-state index is 12.5. The van der Waals surface area contributed by atoms with Crippen molar-refractivity contribution < 1.29 is 18.0 Å². The van der Waals surface area contributed by atoms with Gasteiger partial charge in [0.2, 0.25) is 11.2 Å². The minimum Gasteiger partial charge on any atom is -0.342 e. The van der Waals surface area contributed by atoms with E-state index >= 15 is 0 Å². The zero-order chi connectivity index (χ0) is 15.8. The minimum absolute atomic E-state index is 0.0663. The number of carbonyl (C=O) groups is 1. The number of fused-ring (bicyclic) bond motifs is 1. The molecule has 0 aliphatic carbocycles. The van der Waals surface area contributed by atoms with Crippen LogP contribution < -0.4 is 9.80 Å². The summed E-state index contributed by atoms with van der Waals surface area (Å²) in [6.45, 7) is 1.40. The van der Waals surface area contributed by atoms with E-state index < -0.39 is 18.6 Å². The molecule has 0 N–H and O–H groups in total. The highest BCUT2D eigenvalue weighted by molar-refractivity contribution is 6.28. The first-order chi connectivity index (χ1) is 9.74. The molecule has 21 heavy (non-hydrogen) atoms. The van der Waals surface area contributed by atoms with Crippen LogP contribution in [-0.4, -0.2) is 41.7 Å². The van der Waals surface area contributed by atoms with Crippen molar-refractivity contribution in [3.8, 4) is 0 Å². The number of alkyl halides is 3. The number of likely N-dealkylation sites (N-methyl/N-ethyl adjacent to an activating group) is 1. The molecule has 0 fully saturated rings. The zero-order valence-corrected chi connectivity index (χ0v) is 12.2. The number of nitrogens with zero attached hydrogens (tertiary/aromatic N) is 4.